The number of hydrogen-bond donors (Lipinski definition) is 2. The lowest BCUT2D eigenvalue weighted by atomic mass is 9.92. The largest absolute Gasteiger partial charge is 0.481 e. The molecule has 7 nitrogen and oxygen atoms in total. The molecule has 7 heteroatoms. The van der Waals surface area contributed by atoms with Crippen LogP contribution in [0, 0.1) is 5.92 Å². The highest BCUT2D eigenvalue weighted by Crippen LogP contribution is 2.21. The van der Waals surface area contributed by atoms with Crippen LogP contribution in [0.4, 0.5) is 4.79 Å². The van der Waals surface area contributed by atoms with E-state index in [9.17, 15) is 9.59 Å². The lowest BCUT2D eigenvalue weighted by molar-refractivity contribution is -0.137. The van der Waals surface area contributed by atoms with E-state index in [1.807, 2.05) is 15.7 Å². The Labute approximate surface area is 124 Å². The van der Waals surface area contributed by atoms with Crippen LogP contribution >= 0.6 is 0 Å². The molecule has 21 heavy (non-hydrogen) atoms. The molecule has 0 spiro atoms. The minimum Gasteiger partial charge on any atom is -0.481 e. The second-order valence-corrected chi connectivity index (χ2v) is 5.40. The van der Waals surface area contributed by atoms with Crippen LogP contribution < -0.4 is 5.32 Å². The number of carboxylic acid groups (broad SMARTS) is 1. The predicted octanol–water partition coefficient (Wildman–Crippen LogP) is 1.17. The predicted molar refractivity (Wildman–Crippen MR) is 76.8 cm³/mol. The average molecular weight is 294 g/mol. The Kier molecular flexibility index (Phi) is 5.59. The van der Waals surface area contributed by atoms with Gasteiger partial charge in [-0.2, -0.15) is 0 Å². The van der Waals surface area contributed by atoms with Gasteiger partial charge in [0, 0.05) is 45.0 Å². The van der Waals surface area contributed by atoms with Crippen LogP contribution in [0.5, 0.6) is 0 Å². The molecule has 2 heterocycles. The van der Waals surface area contributed by atoms with E-state index in [0.29, 0.717) is 38.5 Å². The van der Waals surface area contributed by atoms with Crippen LogP contribution in [0.3, 0.4) is 0 Å². The van der Waals surface area contributed by atoms with Crippen molar-refractivity contribution in [2.24, 2.45) is 5.92 Å². The first-order valence-electron chi connectivity index (χ1n) is 7.35. The van der Waals surface area contributed by atoms with Gasteiger partial charge in [-0.25, -0.2) is 9.78 Å². The molecular weight excluding hydrogens is 272 g/mol. The second kappa shape index (κ2) is 7.66. The second-order valence-electron chi connectivity index (χ2n) is 5.40. The van der Waals surface area contributed by atoms with Crippen LogP contribution in [0.25, 0.3) is 0 Å². The SMILES string of the molecule is O=C(O)CCC1CCN(C(=O)NCCn2ccnc2)CC1. The minimum atomic E-state index is -0.741. The van der Waals surface area contributed by atoms with Crippen LogP contribution in [-0.2, 0) is 11.3 Å². The highest BCUT2D eigenvalue weighted by molar-refractivity contribution is 5.74. The third-order valence-electron chi connectivity index (χ3n) is 3.87. The average Bonchev–Trinajstić information content (AvgIpc) is 2.99. The van der Waals surface area contributed by atoms with Gasteiger partial charge in [-0.15, -0.1) is 0 Å². The molecule has 1 aliphatic heterocycles. The Bertz CT molecular complexity index is 453. The summed E-state index contributed by atoms with van der Waals surface area (Å²) in [6, 6.07) is -0.0354. The van der Waals surface area contributed by atoms with Crippen molar-refractivity contribution in [3.63, 3.8) is 0 Å². The summed E-state index contributed by atoms with van der Waals surface area (Å²) >= 11 is 0. The minimum absolute atomic E-state index is 0.0354. The lowest BCUT2D eigenvalue weighted by Crippen LogP contribution is -2.45. The Morgan fingerprint density at radius 2 is 2.10 bits per heavy atom. The van der Waals surface area contributed by atoms with E-state index >= 15 is 0 Å². The molecule has 0 bridgehead atoms. The molecule has 0 aromatic carbocycles. The number of piperidine rings is 1. The molecule has 1 aliphatic rings. The molecule has 0 aliphatic carbocycles. The van der Waals surface area contributed by atoms with E-state index < -0.39 is 5.97 Å². The van der Waals surface area contributed by atoms with E-state index in [4.69, 9.17) is 5.11 Å². The fraction of sp³-hybridized carbons (Fsp3) is 0.643. The first-order valence-corrected chi connectivity index (χ1v) is 7.35. The van der Waals surface area contributed by atoms with Crippen LogP contribution in [0.2, 0.25) is 0 Å². The molecule has 1 fully saturated rings. The van der Waals surface area contributed by atoms with E-state index in [1.165, 1.54) is 0 Å². The molecule has 0 atom stereocenters. The molecule has 0 unspecified atom stereocenters. The maximum absolute atomic E-state index is 12.0. The van der Waals surface area contributed by atoms with Gasteiger partial charge in [0.2, 0.25) is 0 Å². The third-order valence-corrected chi connectivity index (χ3v) is 3.87. The number of amides is 2. The van der Waals surface area contributed by atoms with Crippen molar-refractivity contribution in [3.8, 4) is 0 Å². The lowest BCUT2D eigenvalue weighted by Gasteiger charge is -2.31. The Balaban J connectivity index is 1.62. The van der Waals surface area contributed by atoms with Gasteiger partial charge in [-0.3, -0.25) is 4.79 Å². The van der Waals surface area contributed by atoms with Crippen molar-refractivity contribution < 1.29 is 14.7 Å². The zero-order chi connectivity index (χ0) is 15.1. The van der Waals surface area contributed by atoms with E-state index in [2.05, 4.69) is 10.3 Å². The van der Waals surface area contributed by atoms with Crippen molar-refractivity contribution in [2.45, 2.75) is 32.2 Å². The summed E-state index contributed by atoms with van der Waals surface area (Å²) in [6.07, 6.45) is 8.02. The molecule has 0 radical (unpaired) electrons. The van der Waals surface area contributed by atoms with Gasteiger partial charge < -0.3 is 19.9 Å². The number of hydrogen-bond acceptors (Lipinski definition) is 3. The summed E-state index contributed by atoms with van der Waals surface area (Å²) < 4.78 is 1.92. The molecule has 1 aromatic rings. The normalized spacial score (nSPS) is 15.9. The molecule has 1 aromatic heterocycles. The monoisotopic (exact) mass is 294 g/mol. The van der Waals surface area contributed by atoms with Gasteiger partial charge in [-0.1, -0.05) is 0 Å². The highest BCUT2D eigenvalue weighted by Gasteiger charge is 2.22. The molecule has 2 rings (SSSR count). The van der Waals surface area contributed by atoms with Crippen LogP contribution in [0.1, 0.15) is 25.7 Å². The van der Waals surface area contributed by atoms with Crippen molar-refractivity contribution in [2.75, 3.05) is 19.6 Å². The summed E-state index contributed by atoms with van der Waals surface area (Å²) in [5, 5.41) is 11.6. The number of aliphatic carboxylic acids is 1. The van der Waals surface area contributed by atoms with Crippen molar-refractivity contribution >= 4 is 12.0 Å². The topological polar surface area (TPSA) is 87.5 Å². The number of imidazole rings is 1. The Morgan fingerprint density at radius 3 is 2.71 bits per heavy atom. The molecule has 2 amide bonds. The number of carbonyl (C=O) groups is 2. The molecule has 1 saturated heterocycles. The van der Waals surface area contributed by atoms with Gasteiger partial charge in [0.05, 0.1) is 6.33 Å². The van der Waals surface area contributed by atoms with Crippen molar-refractivity contribution in [3.05, 3.63) is 18.7 Å². The third kappa shape index (κ3) is 5.09. The first kappa shape index (κ1) is 15.3. The number of urea groups is 1. The van der Waals surface area contributed by atoms with E-state index in [0.717, 1.165) is 12.8 Å². The zero-order valence-corrected chi connectivity index (χ0v) is 12.1. The summed E-state index contributed by atoms with van der Waals surface area (Å²) in [6.45, 7) is 2.71. The van der Waals surface area contributed by atoms with Gasteiger partial charge in [0.1, 0.15) is 0 Å². The van der Waals surface area contributed by atoms with Gasteiger partial charge >= 0.3 is 12.0 Å². The Morgan fingerprint density at radius 1 is 1.33 bits per heavy atom. The number of nitrogens with zero attached hydrogens (tertiary/aromatic N) is 3. The highest BCUT2D eigenvalue weighted by atomic mass is 16.4. The smallest absolute Gasteiger partial charge is 0.317 e. The van der Waals surface area contributed by atoms with Crippen LogP contribution in [-0.4, -0.2) is 51.2 Å². The summed E-state index contributed by atoms with van der Waals surface area (Å²) in [5.41, 5.74) is 0. The standard InChI is InChI=1S/C14H22N4O3/c19-13(20)2-1-12-3-7-18(8-4-12)14(21)16-6-10-17-9-5-15-11-17/h5,9,11-12H,1-4,6-8,10H2,(H,16,21)(H,19,20). The maximum atomic E-state index is 12.0. The van der Waals surface area contributed by atoms with Gasteiger partial charge in [-0.05, 0) is 25.2 Å². The van der Waals surface area contributed by atoms with Gasteiger partial charge in [0.25, 0.3) is 0 Å². The summed E-state index contributed by atoms with van der Waals surface area (Å²) in [7, 11) is 0. The number of rotatable bonds is 6. The maximum Gasteiger partial charge on any atom is 0.317 e. The number of nitrogens with one attached hydrogen (secondary N) is 1. The van der Waals surface area contributed by atoms with Crippen molar-refractivity contribution in [1.29, 1.82) is 0 Å². The molecular formula is C14H22N4O3. The number of carbonyl (C=O) groups excluding carboxylic acids is 1. The molecule has 0 saturated carbocycles. The number of aromatic nitrogens is 2. The quantitative estimate of drug-likeness (QED) is 0.824. The summed E-state index contributed by atoms with van der Waals surface area (Å²) in [5.74, 6) is -0.314. The van der Waals surface area contributed by atoms with E-state index in [-0.39, 0.29) is 12.5 Å². The van der Waals surface area contributed by atoms with E-state index in [1.54, 1.807) is 12.5 Å². The molecule has 2 N–H and O–H groups in total. The fourth-order valence-corrected chi connectivity index (χ4v) is 2.58. The molecule has 116 valence electrons. The van der Waals surface area contributed by atoms with Crippen LogP contribution in [0.15, 0.2) is 18.7 Å². The summed E-state index contributed by atoms with van der Waals surface area (Å²) in [4.78, 5) is 28.3. The first-order chi connectivity index (χ1) is 10.1. The van der Waals surface area contributed by atoms with Crippen molar-refractivity contribution in [1.82, 2.24) is 19.8 Å². The van der Waals surface area contributed by atoms with Gasteiger partial charge in [0.15, 0.2) is 0 Å². The Hall–Kier alpha value is -2.05. The number of carboxylic acids is 1. The zero-order valence-electron chi connectivity index (χ0n) is 12.1. The fourth-order valence-electron chi connectivity index (χ4n) is 2.58. The number of likely N-dealkylation sites (tertiary alicyclic amines) is 1.